The maximum absolute atomic E-state index is 13.4. The molecule has 0 spiro atoms. The molecule has 4 rings (SSSR count). The third kappa shape index (κ3) is 5.38. The van der Waals surface area contributed by atoms with Gasteiger partial charge in [-0.05, 0) is 65.9 Å². The smallest absolute Gasteiger partial charge is 0.123 e. The van der Waals surface area contributed by atoms with Crippen molar-refractivity contribution in [3.63, 3.8) is 0 Å². The van der Waals surface area contributed by atoms with E-state index in [0.29, 0.717) is 39.1 Å². The largest absolute Gasteiger partial charge is 0.385 e. The van der Waals surface area contributed by atoms with Crippen LogP contribution in [0.4, 0.5) is 13.2 Å². The Kier molecular flexibility index (Phi) is 6.94. The van der Waals surface area contributed by atoms with E-state index in [-0.39, 0.29) is 17.5 Å². The highest BCUT2D eigenvalue weighted by atomic mass is 19.1. The minimum Gasteiger partial charge on any atom is -0.385 e. The molecule has 6 heteroatoms. The highest BCUT2D eigenvalue weighted by molar-refractivity contribution is 5.30. The van der Waals surface area contributed by atoms with Gasteiger partial charge in [0.05, 0.1) is 12.2 Å². The predicted octanol–water partition coefficient (Wildman–Crippen LogP) is 5.19. The monoisotopic (exact) mass is 441 g/mol. The lowest BCUT2D eigenvalue weighted by molar-refractivity contribution is -0.0339. The van der Waals surface area contributed by atoms with Crippen LogP contribution in [-0.2, 0) is 10.3 Å². The molecule has 0 atom stereocenters. The van der Waals surface area contributed by atoms with E-state index in [4.69, 9.17) is 4.74 Å². The van der Waals surface area contributed by atoms with Crippen LogP contribution in [0.5, 0.6) is 0 Å². The van der Waals surface area contributed by atoms with Crippen LogP contribution < -0.4 is 0 Å². The molecule has 0 aromatic heterocycles. The first-order valence-electron chi connectivity index (χ1n) is 10.8. The maximum atomic E-state index is 13.4. The topological polar surface area (TPSA) is 32.7 Å². The fourth-order valence-corrected chi connectivity index (χ4v) is 4.16. The van der Waals surface area contributed by atoms with Crippen molar-refractivity contribution in [2.45, 2.75) is 24.5 Å². The molecule has 1 aliphatic rings. The molecule has 3 aromatic rings. The molecule has 1 fully saturated rings. The van der Waals surface area contributed by atoms with E-state index in [2.05, 4.69) is 4.90 Å². The van der Waals surface area contributed by atoms with Gasteiger partial charge in [-0.2, -0.15) is 0 Å². The van der Waals surface area contributed by atoms with Gasteiger partial charge < -0.3 is 14.7 Å². The zero-order chi connectivity index (χ0) is 22.6. The molecule has 32 heavy (non-hydrogen) atoms. The van der Waals surface area contributed by atoms with Crippen LogP contribution in [0.15, 0.2) is 72.8 Å². The average Bonchev–Trinajstić information content (AvgIpc) is 2.80. The van der Waals surface area contributed by atoms with Gasteiger partial charge in [0.25, 0.3) is 0 Å². The second kappa shape index (κ2) is 9.86. The quantitative estimate of drug-likeness (QED) is 0.548. The fraction of sp³-hybridized carbons (Fsp3) is 0.308. The highest BCUT2D eigenvalue weighted by Crippen LogP contribution is 2.33. The highest BCUT2D eigenvalue weighted by Gasteiger charge is 2.33. The molecule has 3 aromatic carbocycles. The molecule has 1 aliphatic heterocycles. The summed E-state index contributed by atoms with van der Waals surface area (Å²) >= 11 is 0. The number of nitrogens with zero attached hydrogens (tertiary/aromatic N) is 1. The summed E-state index contributed by atoms with van der Waals surface area (Å²) in [6.07, 6.45) is 0.674. The van der Waals surface area contributed by atoms with E-state index < -0.39 is 11.7 Å². The van der Waals surface area contributed by atoms with Crippen LogP contribution >= 0.6 is 0 Å². The zero-order valence-corrected chi connectivity index (χ0v) is 17.7. The van der Waals surface area contributed by atoms with Gasteiger partial charge in [0, 0.05) is 19.6 Å². The predicted molar refractivity (Wildman–Crippen MR) is 117 cm³/mol. The molecule has 0 aliphatic carbocycles. The molecule has 1 N–H and O–H groups in total. The SMILES string of the molecule is OC1(c2ccc(F)cc2)CCN(CCOC(c2ccc(F)cc2)c2ccc(F)cc2)CC1. The Morgan fingerprint density at radius 2 is 1.19 bits per heavy atom. The minimum atomic E-state index is -0.949. The molecule has 168 valence electrons. The first-order valence-corrected chi connectivity index (χ1v) is 10.8. The maximum Gasteiger partial charge on any atom is 0.123 e. The van der Waals surface area contributed by atoms with E-state index in [9.17, 15) is 18.3 Å². The summed E-state index contributed by atoms with van der Waals surface area (Å²) in [5, 5.41) is 11.0. The van der Waals surface area contributed by atoms with Crippen LogP contribution in [0.25, 0.3) is 0 Å². The van der Waals surface area contributed by atoms with Gasteiger partial charge in [0.1, 0.15) is 23.6 Å². The number of ether oxygens (including phenoxy) is 1. The lowest BCUT2D eigenvalue weighted by Gasteiger charge is -2.38. The molecule has 0 saturated carbocycles. The van der Waals surface area contributed by atoms with Crippen molar-refractivity contribution in [2.24, 2.45) is 0 Å². The Balaban J connectivity index is 1.35. The number of piperidine rings is 1. The summed E-state index contributed by atoms with van der Waals surface area (Å²) in [7, 11) is 0. The summed E-state index contributed by atoms with van der Waals surface area (Å²) < 4.78 is 46.1. The molecule has 3 nitrogen and oxygen atoms in total. The standard InChI is InChI=1S/C26H26F3NO2/c27-22-7-1-19(2-8-22)25(20-3-9-23(28)10-4-20)32-18-17-30-15-13-26(31,14-16-30)21-5-11-24(29)12-6-21/h1-12,25,31H,13-18H2. The Hall–Kier alpha value is -2.67. The molecule has 0 amide bonds. The van der Waals surface area contributed by atoms with Gasteiger partial charge in [-0.3, -0.25) is 0 Å². The normalized spacial score (nSPS) is 16.4. The molecule has 1 heterocycles. The molecule has 0 unspecified atom stereocenters. The number of halogens is 3. The number of hydrogen-bond donors (Lipinski definition) is 1. The third-order valence-corrected chi connectivity index (χ3v) is 6.10. The Morgan fingerprint density at radius 3 is 1.66 bits per heavy atom. The van der Waals surface area contributed by atoms with Gasteiger partial charge in [0.2, 0.25) is 0 Å². The van der Waals surface area contributed by atoms with Gasteiger partial charge >= 0.3 is 0 Å². The van der Waals surface area contributed by atoms with Crippen molar-refractivity contribution in [1.82, 2.24) is 4.90 Å². The van der Waals surface area contributed by atoms with E-state index in [1.54, 1.807) is 36.4 Å². The molecular weight excluding hydrogens is 415 g/mol. The number of rotatable bonds is 7. The molecule has 0 bridgehead atoms. The van der Waals surface area contributed by atoms with Crippen molar-refractivity contribution in [2.75, 3.05) is 26.2 Å². The van der Waals surface area contributed by atoms with Gasteiger partial charge in [-0.1, -0.05) is 36.4 Å². The fourth-order valence-electron chi connectivity index (χ4n) is 4.16. The van der Waals surface area contributed by atoms with E-state index in [1.807, 2.05) is 0 Å². The van der Waals surface area contributed by atoms with Crippen molar-refractivity contribution in [3.8, 4) is 0 Å². The van der Waals surface area contributed by atoms with E-state index in [0.717, 1.165) is 16.7 Å². The number of benzene rings is 3. The Morgan fingerprint density at radius 1 is 0.750 bits per heavy atom. The van der Waals surface area contributed by atoms with Gasteiger partial charge in [-0.25, -0.2) is 13.2 Å². The summed E-state index contributed by atoms with van der Waals surface area (Å²) in [5.41, 5.74) is 1.38. The summed E-state index contributed by atoms with van der Waals surface area (Å²) in [5.74, 6) is -0.967. The van der Waals surface area contributed by atoms with Crippen LogP contribution in [-0.4, -0.2) is 36.2 Å². The first kappa shape index (κ1) is 22.5. The number of hydrogen-bond acceptors (Lipinski definition) is 3. The van der Waals surface area contributed by atoms with Crippen LogP contribution in [0.1, 0.15) is 35.6 Å². The van der Waals surface area contributed by atoms with E-state index >= 15 is 0 Å². The second-order valence-corrected chi connectivity index (χ2v) is 8.23. The van der Waals surface area contributed by atoms with Crippen molar-refractivity contribution < 1.29 is 23.0 Å². The minimum absolute atomic E-state index is 0.316. The lowest BCUT2D eigenvalue weighted by atomic mass is 9.84. The number of likely N-dealkylation sites (tertiary alicyclic amines) is 1. The summed E-state index contributed by atoms with van der Waals surface area (Å²) in [6.45, 7) is 2.47. The Labute approximate surface area is 186 Å². The molecule has 1 saturated heterocycles. The van der Waals surface area contributed by atoms with Crippen molar-refractivity contribution in [1.29, 1.82) is 0 Å². The zero-order valence-electron chi connectivity index (χ0n) is 17.7. The second-order valence-electron chi connectivity index (χ2n) is 8.23. The average molecular weight is 441 g/mol. The molecular formula is C26H26F3NO2. The van der Waals surface area contributed by atoms with Crippen LogP contribution in [0.2, 0.25) is 0 Å². The molecule has 0 radical (unpaired) electrons. The first-order chi connectivity index (χ1) is 15.4. The van der Waals surface area contributed by atoms with Crippen LogP contribution in [0, 0.1) is 17.5 Å². The van der Waals surface area contributed by atoms with Gasteiger partial charge in [-0.15, -0.1) is 0 Å². The van der Waals surface area contributed by atoms with Crippen molar-refractivity contribution >= 4 is 0 Å². The van der Waals surface area contributed by atoms with Crippen LogP contribution in [0.3, 0.4) is 0 Å². The number of aliphatic hydroxyl groups is 1. The van der Waals surface area contributed by atoms with Crippen molar-refractivity contribution in [3.05, 3.63) is 107 Å². The third-order valence-electron chi connectivity index (χ3n) is 6.10. The summed E-state index contributed by atoms with van der Waals surface area (Å²) in [6, 6.07) is 18.3. The lowest BCUT2D eigenvalue weighted by Crippen LogP contribution is -2.43. The Bertz CT molecular complexity index is 953. The van der Waals surface area contributed by atoms with E-state index in [1.165, 1.54) is 36.4 Å². The van der Waals surface area contributed by atoms with Gasteiger partial charge in [0.15, 0.2) is 0 Å². The summed E-state index contributed by atoms with van der Waals surface area (Å²) in [4.78, 5) is 2.21.